The number of aromatic nitrogens is 4. The van der Waals surface area contributed by atoms with Gasteiger partial charge in [0.2, 0.25) is 5.91 Å². The van der Waals surface area contributed by atoms with E-state index in [1.807, 2.05) is 6.92 Å². The molecule has 1 amide bonds. The molecular weight excluding hydrogens is 438 g/mol. The fraction of sp³-hybridized carbons (Fsp3) is 0.217. The topological polar surface area (TPSA) is 72.2 Å². The van der Waals surface area contributed by atoms with Crippen molar-refractivity contribution in [3.63, 3.8) is 0 Å². The van der Waals surface area contributed by atoms with Crippen molar-refractivity contribution >= 4 is 17.2 Å². The number of halogens is 4. The molecule has 0 spiro atoms. The number of fused-ring (bicyclic) bond motifs is 1. The van der Waals surface area contributed by atoms with Crippen molar-refractivity contribution in [1.82, 2.24) is 19.6 Å². The third-order valence-electron chi connectivity index (χ3n) is 5.73. The molecule has 3 aromatic heterocycles. The molecule has 1 saturated carbocycles. The monoisotopic (exact) mass is 455 g/mol. The van der Waals surface area contributed by atoms with Crippen LogP contribution in [0.1, 0.15) is 25.5 Å². The van der Waals surface area contributed by atoms with E-state index >= 15 is 0 Å². The molecular formula is C23H17F4N5O. The van der Waals surface area contributed by atoms with Gasteiger partial charge in [-0.1, -0.05) is 6.92 Å². The minimum absolute atomic E-state index is 0.0431. The number of imidazole rings is 1. The molecule has 0 saturated heterocycles. The molecule has 168 valence electrons. The van der Waals surface area contributed by atoms with E-state index in [4.69, 9.17) is 0 Å². The van der Waals surface area contributed by atoms with Crippen molar-refractivity contribution in [1.29, 1.82) is 0 Å². The van der Waals surface area contributed by atoms with Gasteiger partial charge in [-0.3, -0.25) is 9.78 Å². The number of benzene rings is 1. The van der Waals surface area contributed by atoms with Crippen molar-refractivity contribution in [3.05, 3.63) is 66.4 Å². The van der Waals surface area contributed by atoms with E-state index in [1.54, 1.807) is 6.07 Å². The van der Waals surface area contributed by atoms with Gasteiger partial charge in [0.05, 0.1) is 23.3 Å². The van der Waals surface area contributed by atoms with Crippen LogP contribution in [0.3, 0.4) is 0 Å². The predicted octanol–water partition coefficient (Wildman–Crippen LogP) is 5.35. The summed E-state index contributed by atoms with van der Waals surface area (Å²) in [6, 6.07) is 9.90. The molecule has 1 aliphatic rings. The number of hydrogen-bond donors (Lipinski definition) is 1. The number of amides is 1. The molecule has 0 radical (unpaired) electrons. The molecule has 10 heteroatoms. The van der Waals surface area contributed by atoms with E-state index in [0.717, 1.165) is 19.0 Å². The normalized spacial score (nSPS) is 14.9. The maximum Gasteiger partial charge on any atom is 0.434 e. The number of nitrogens with one attached hydrogen (secondary N) is 1. The average Bonchev–Trinajstić information content (AvgIpc) is 3.39. The van der Waals surface area contributed by atoms with Crippen LogP contribution in [-0.2, 0) is 11.0 Å². The lowest BCUT2D eigenvalue weighted by Gasteiger charge is -2.11. The second-order valence-electron chi connectivity index (χ2n) is 8.25. The van der Waals surface area contributed by atoms with E-state index in [9.17, 15) is 22.4 Å². The smallest absolute Gasteiger partial charge is 0.323 e. The largest absolute Gasteiger partial charge is 0.434 e. The fourth-order valence-electron chi connectivity index (χ4n) is 3.47. The summed E-state index contributed by atoms with van der Waals surface area (Å²) in [6.45, 7) is 1.82. The fourth-order valence-corrected chi connectivity index (χ4v) is 3.47. The van der Waals surface area contributed by atoms with Crippen LogP contribution in [0.2, 0.25) is 0 Å². The van der Waals surface area contributed by atoms with Gasteiger partial charge < -0.3 is 5.32 Å². The molecule has 4 aromatic rings. The minimum atomic E-state index is -4.63. The van der Waals surface area contributed by atoms with Crippen molar-refractivity contribution in [3.8, 4) is 22.5 Å². The van der Waals surface area contributed by atoms with Gasteiger partial charge in [0.1, 0.15) is 5.82 Å². The van der Waals surface area contributed by atoms with Gasteiger partial charge in [-0.25, -0.2) is 13.9 Å². The number of rotatable bonds is 4. The van der Waals surface area contributed by atoms with Gasteiger partial charge in [-0.15, -0.1) is 0 Å². The third-order valence-corrected chi connectivity index (χ3v) is 5.73. The Balaban J connectivity index is 1.50. The summed E-state index contributed by atoms with van der Waals surface area (Å²) in [5.74, 6) is -0.811. The highest BCUT2D eigenvalue weighted by Gasteiger charge is 2.45. The Labute approximate surface area is 185 Å². The zero-order valence-corrected chi connectivity index (χ0v) is 17.3. The molecule has 0 bridgehead atoms. The van der Waals surface area contributed by atoms with Crippen LogP contribution in [0.25, 0.3) is 28.2 Å². The van der Waals surface area contributed by atoms with Gasteiger partial charge >= 0.3 is 6.18 Å². The maximum atomic E-state index is 14.3. The molecule has 1 aliphatic carbocycles. The van der Waals surface area contributed by atoms with Crippen LogP contribution < -0.4 is 5.32 Å². The molecule has 33 heavy (non-hydrogen) atoms. The first-order chi connectivity index (χ1) is 15.6. The maximum absolute atomic E-state index is 14.3. The van der Waals surface area contributed by atoms with Gasteiger partial charge in [-0.05, 0) is 55.3 Å². The van der Waals surface area contributed by atoms with Crippen LogP contribution >= 0.6 is 0 Å². The SMILES string of the molecule is CC1(C(=O)Nc2cc(-c3cn4nc(-c5cccnc5C(F)(F)F)ccc4n3)ccc2F)CC1. The Bertz CT molecular complexity index is 1390. The van der Waals surface area contributed by atoms with Crippen LogP contribution in [0.15, 0.2) is 54.9 Å². The van der Waals surface area contributed by atoms with E-state index in [-0.39, 0.29) is 22.9 Å². The van der Waals surface area contributed by atoms with Crippen LogP contribution in [0.5, 0.6) is 0 Å². The molecule has 0 atom stereocenters. The van der Waals surface area contributed by atoms with Crippen molar-refractivity contribution in [2.45, 2.75) is 25.9 Å². The Kier molecular flexibility index (Phi) is 4.70. The Morgan fingerprint density at radius 2 is 1.91 bits per heavy atom. The second-order valence-corrected chi connectivity index (χ2v) is 8.25. The molecule has 1 aromatic carbocycles. The number of alkyl halides is 3. The predicted molar refractivity (Wildman–Crippen MR) is 113 cm³/mol. The standard InChI is InChI=1S/C23H17F4N5O/c1-22(8-9-22)21(33)30-17-11-13(4-5-15(17)24)18-12-32-19(29-18)7-6-16(31-32)14-3-2-10-28-20(14)23(25,26)27/h2-7,10-12H,8-9H2,1H3,(H,30,33). The highest BCUT2D eigenvalue weighted by molar-refractivity contribution is 5.97. The number of pyridine rings is 1. The van der Waals surface area contributed by atoms with Gasteiger partial charge in [-0.2, -0.15) is 18.3 Å². The van der Waals surface area contributed by atoms with Gasteiger partial charge in [0.15, 0.2) is 11.3 Å². The first-order valence-electron chi connectivity index (χ1n) is 10.1. The Morgan fingerprint density at radius 1 is 1.12 bits per heavy atom. The molecule has 0 unspecified atom stereocenters. The Hall–Kier alpha value is -3.82. The lowest BCUT2D eigenvalue weighted by molar-refractivity contribution is -0.140. The third kappa shape index (κ3) is 3.92. The highest BCUT2D eigenvalue weighted by Crippen LogP contribution is 2.46. The number of carbonyl (C=O) groups excluding carboxylic acids is 1. The number of anilines is 1. The molecule has 0 aliphatic heterocycles. The zero-order chi connectivity index (χ0) is 23.4. The molecule has 5 rings (SSSR count). The van der Waals surface area contributed by atoms with Crippen molar-refractivity contribution in [2.75, 3.05) is 5.32 Å². The summed E-state index contributed by atoms with van der Waals surface area (Å²) in [7, 11) is 0. The quantitative estimate of drug-likeness (QED) is 0.421. The van der Waals surface area contributed by atoms with Crippen LogP contribution in [0.4, 0.5) is 23.2 Å². The summed E-state index contributed by atoms with van der Waals surface area (Å²) in [5.41, 5.74) is -0.173. The summed E-state index contributed by atoms with van der Waals surface area (Å²) in [5, 5.41) is 6.89. The number of nitrogens with zero attached hydrogens (tertiary/aromatic N) is 4. The second kappa shape index (κ2) is 7.36. The first kappa shape index (κ1) is 21.0. The molecule has 1 N–H and O–H groups in total. The van der Waals surface area contributed by atoms with Gasteiger partial charge in [0.25, 0.3) is 0 Å². The van der Waals surface area contributed by atoms with E-state index in [0.29, 0.717) is 16.9 Å². The van der Waals surface area contributed by atoms with E-state index < -0.39 is 23.1 Å². The molecule has 1 fully saturated rings. The van der Waals surface area contributed by atoms with Crippen LogP contribution in [-0.4, -0.2) is 25.5 Å². The lowest BCUT2D eigenvalue weighted by atomic mass is 10.1. The van der Waals surface area contributed by atoms with Gasteiger partial charge in [0, 0.05) is 22.7 Å². The Morgan fingerprint density at radius 3 is 2.64 bits per heavy atom. The number of carbonyl (C=O) groups is 1. The van der Waals surface area contributed by atoms with E-state index in [2.05, 4.69) is 20.4 Å². The van der Waals surface area contributed by atoms with Crippen molar-refractivity contribution < 1.29 is 22.4 Å². The highest BCUT2D eigenvalue weighted by atomic mass is 19.4. The molecule has 3 heterocycles. The number of hydrogen-bond acceptors (Lipinski definition) is 4. The van der Waals surface area contributed by atoms with Crippen LogP contribution in [0, 0.1) is 11.2 Å². The summed E-state index contributed by atoms with van der Waals surface area (Å²) in [6.07, 6.45) is -0.501. The summed E-state index contributed by atoms with van der Waals surface area (Å²) >= 11 is 0. The lowest BCUT2D eigenvalue weighted by Crippen LogP contribution is -2.21. The molecule has 6 nitrogen and oxygen atoms in total. The summed E-state index contributed by atoms with van der Waals surface area (Å²) in [4.78, 5) is 20.2. The first-order valence-corrected chi connectivity index (χ1v) is 10.1. The van der Waals surface area contributed by atoms with Crippen molar-refractivity contribution in [2.24, 2.45) is 5.41 Å². The minimum Gasteiger partial charge on any atom is -0.323 e. The summed E-state index contributed by atoms with van der Waals surface area (Å²) < 4.78 is 55.7. The average molecular weight is 455 g/mol. The van der Waals surface area contributed by atoms with E-state index in [1.165, 1.54) is 47.1 Å². The zero-order valence-electron chi connectivity index (χ0n) is 17.3.